The molecule has 0 bridgehead atoms. The van der Waals surface area contributed by atoms with E-state index in [-0.39, 0.29) is 11.5 Å². The van der Waals surface area contributed by atoms with E-state index >= 15 is 0 Å². The summed E-state index contributed by atoms with van der Waals surface area (Å²) in [5.41, 5.74) is 1.49. The summed E-state index contributed by atoms with van der Waals surface area (Å²) in [5.74, 6) is 1.45. The molecular formula is C14H14BrIN2O2. The molecule has 0 fully saturated rings. The van der Waals surface area contributed by atoms with E-state index in [1.165, 1.54) is 0 Å². The minimum Gasteiger partial charge on any atom is -0.497 e. The zero-order valence-electron chi connectivity index (χ0n) is 11.3. The van der Waals surface area contributed by atoms with Crippen molar-refractivity contribution < 1.29 is 4.74 Å². The molecule has 1 N–H and O–H groups in total. The average Bonchev–Trinajstić information content (AvgIpc) is 2.42. The average molecular weight is 449 g/mol. The minimum absolute atomic E-state index is 0.117. The van der Waals surface area contributed by atoms with Gasteiger partial charge in [0.1, 0.15) is 11.6 Å². The highest BCUT2D eigenvalue weighted by Crippen LogP contribution is 2.30. The fourth-order valence-electron chi connectivity index (χ4n) is 1.80. The molecular weight excluding hydrogens is 435 g/mol. The Morgan fingerprint density at radius 1 is 1.40 bits per heavy atom. The Kier molecular flexibility index (Phi) is 4.85. The molecule has 0 radical (unpaired) electrons. The maximum Gasteiger partial charge on any atom is 0.264 e. The first kappa shape index (κ1) is 15.5. The van der Waals surface area contributed by atoms with Crippen LogP contribution in [0.15, 0.2) is 27.5 Å². The van der Waals surface area contributed by atoms with Gasteiger partial charge < -0.3 is 9.72 Å². The number of hydrogen-bond donors (Lipinski definition) is 1. The van der Waals surface area contributed by atoms with Crippen molar-refractivity contribution in [1.29, 1.82) is 0 Å². The molecule has 0 saturated heterocycles. The van der Waals surface area contributed by atoms with Crippen LogP contribution in [0.3, 0.4) is 0 Å². The SMILES string of the molecule is COc1ccc(Br)c(-c2nc(C(C)C)c(I)c(=O)[nH]2)c1. The second-order valence-corrected chi connectivity index (χ2v) is 6.55. The number of aromatic amines is 1. The summed E-state index contributed by atoms with van der Waals surface area (Å²) in [5, 5.41) is 0. The summed E-state index contributed by atoms with van der Waals surface area (Å²) in [6, 6.07) is 5.57. The molecule has 106 valence electrons. The zero-order chi connectivity index (χ0) is 14.9. The lowest BCUT2D eigenvalue weighted by atomic mass is 10.1. The van der Waals surface area contributed by atoms with Crippen LogP contribution in [0.4, 0.5) is 0 Å². The van der Waals surface area contributed by atoms with Crippen LogP contribution in [0, 0.1) is 3.57 Å². The van der Waals surface area contributed by atoms with Crippen LogP contribution >= 0.6 is 38.5 Å². The minimum atomic E-state index is -0.117. The van der Waals surface area contributed by atoms with Crippen molar-refractivity contribution in [2.45, 2.75) is 19.8 Å². The summed E-state index contributed by atoms with van der Waals surface area (Å²) in [6.07, 6.45) is 0. The third kappa shape index (κ3) is 3.06. The van der Waals surface area contributed by atoms with Gasteiger partial charge in [0, 0.05) is 10.0 Å². The van der Waals surface area contributed by atoms with Crippen LogP contribution in [0.25, 0.3) is 11.4 Å². The molecule has 20 heavy (non-hydrogen) atoms. The standard InChI is InChI=1S/C14H14BrIN2O2/c1-7(2)12-11(16)14(19)18-13(17-12)9-6-8(20-3)4-5-10(9)15/h4-7H,1-3H3,(H,17,18,19). The maximum absolute atomic E-state index is 12.1. The van der Waals surface area contributed by atoms with Gasteiger partial charge >= 0.3 is 0 Å². The van der Waals surface area contributed by atoms with E-state index in [4.69, 9.17) is 4.74 Å². The van der Waals surface area contributed by atoms with Crippen LogP contribution in [0.5, 0.6) is 5.75 Å². The second-order valence-electron chi connectivity index (χ2n) is 4.61. The lowest BCUT2D eigenvalue weighted by Gasteiger charge is -2.11. The Morgan fingerprint density at radius 3 is 2.70 bits per heavy atom. The van der Waals surface area contributed by atoms with Crippen LogP contribution in [0.2, 0.25) is 0 Å². The highest BCUT2D eigenvalue weighted by atomic mass is 127. The van der Waals surface area contributed by atoms with Gasteiger partial charge in [-0.05, 0) is 46.7 Å². The summed E-state index contributed by atoms with van der Waals surface area (Å²) in [7, 11) is 1.61. The monoisotopic (exact) mass is 448 g/mol. The number of methoxy groups -OCH3 is 1. The van der Waals surface area contributed by atoms with Gasteiger partial charge in [0.05, 0.1) is 16.4 Å². The molecule has 0 unspecified atom stereocenters. The first-order valence-corrected chi connectivity index (χ1v) is 7.94. The molecule has 2 rings (SSSR count). The van der Waals surface area contributed by atoms with Gasteiger partial charge in [0.2, 0.25) is 0 Å². The van der Waals surface area contributed by atoms with Gasteiger partial charge in [0.25, 0.3) is 5.56 Å². The Labute approximate surface area is 139 Å². The number of ether oxygens (including phenoxy) is 1. The highest BCUT2D eigenvalue weighted by molar-refractivity contribution is 14.1. The first-order chi connectivity index (χ1) is 9.43. The van der Waals surface area contributed by atoms with E-state index < -0.39 is 0 Å². The smallest absolute Gasteiger partial charge is 0.264 e. The van der Waals surface area contributed by atoms with Crippen molar-refractivity contribution in [2.75, 3.05) is 7.11 Å². The largest absolute Gasteiger partial charge is 0.497 e. The number of benzene rings is 1. The molecule has 2 aromatic rings. The predicted octanol–water partition coefficient (Wildman–Crippen LogP) is 3.94. The van der Waals surface area contributed by atoms with Crippen molar-refractivity contribution in [3.63, 3.8) is 0 Å². The molecule has 0 saturated carbocycles. The Hall–Kier alpha value is -0.890. The molecule has 4 nitrogen and oxygen atoms in total. The molecule has 0 spiro atoms. The fraction of sp³-hybridized carbons (Fsp3) is 0.286. The van der Waals surface area contributed by atoms with Crippen LogP contribution in [0.1, 0.15) is 25.5 Å². The van der Waals surface area contributed by atoms with Gasteiger partial charge in [-0.3, -0.25) is 4.79 Å². The van der Waals surface area contributed by atoms with E-state index in [9.17, 15) is 4.79 Å². The van der Waals surface area contributed by atoms with E-state index in [0.717, 1.165) is 21.5 Å². The lowest BCUT2D eigenvalue weighted by molar-refractivity contribution is 0.415. The quantitative estimate of drug-likeness (QED) is 0.723. The molecule has 0 aliphatic heterocycles. The Morgan fingerprint density at radius 2 is 2.10 bits per heavy atom. The topological polar surface area (TPSA) is 55.0 Å². The summed E-state index contributed by atoms with van der Waals surface area (Å²) < 4.78 is 6.72. The molecule has 0 aliphatic carbocycles. The third-order valence-electron chi connectivity index (χ3n) is 2.86. The highest BCUT2D eigenvalue weighted by Gasteiger charge is 2.15. The lowest BCUT2D eigenvalue weighted by Crippen LogP contribution is -2.17. The fourth-order valence-corrected chi connectivity index (χ4v) is 3.11. The van der Waals surface area contributed by atoms with E-state index in [2.05, 4.69) is 25.9 Å². The van der Waals surface area contributed by atoms with Gasteiger partial charge in [-0.1, -0.05) is 29.8 Å². The van der Waals surface area contributed by atoms with E-state index in [1.54, 1.807) is 7.11 Å². The number of rotatable bonds is 3. The van der Waals surface area contributed by atoms with Crippen LogP contribution < -0.4 is 10.3 Å². The predicted molar refractivity (Wildman–Crippen MR) is 91.4 cm³/mol. The summed E-state index contributed by atoms with van der Waals surface area (Å²) >= 11 is 5.52. The van der Waals surface area contributed by atoms with E-state index in [0.29, 0.717) is 9.39 Å². The Balaban J connectivity index is 2.67. The molecule has 1 heterocycles. The van der Waals surface area contributed by atoms with E-state index in [1.807, 2.05) is 54.6 Å². The maximum atomic E-state index is 12.1. The van der Waals surface area contributed by atoms with Crippen molar-refractivity contribution in [3.05, 3.63) is 42.3 Å². The first-order valence-electron chi connectivity index (χ1n) is 6.07. The third-order valence-corrected chi connectivity index (χ3v) is 4.60. The summed E-state index contributed by atoms with van der Waals surface area (Å²) in [6.45, 7) is 4.04. The van der Waals surface area contributed by atoms with Crippen LogP contribution in [-0.2, 0) is 0 Å². The van der Waals surface area contributed by atoms with Crippen molar-refractivity contribution in [1.82, 2.24) is 9.97 Å². The van der Waals surface area contributed by atoms with Crippen molar-refractivity contribution >= 4 is 38.5 Å². The molecule has 1 aromatic heterocycles. The van der Waals surface area contributed by atoms with Gasteiger partial charge in [-0.2, -0.15) is 0 Å². The number of hydrogen-bond acceptors (Lipinski definition) is 3. The molecule has 6 heteroatoms. The van der Waals surface area contributed by atoms with Crippen molar-refractivity contribution in [2.24, 2.45) is 0 Å². The van der Waals surface area contributed by atoms with Crippen LogP contribution in [-0.4, -0.2) is 17.1 Å². The number of halogens is 2. The number of aromatic nitrogens is 2. The van der Waals surface area contributed by atoms with Gasteiger partial charge in [0.15, 0.2) is 0 Å². The Bertz CT molecular complexity index is 698. The molecule has 0 aliphatic rings. The number of nitrogens with zero attached hydrogens (tertiary/aromatic N) is 1. The summed E-state index contributed by atoms with van der Waals surface area (Å²) in [4.78, 5) is 19.5. The molecule has 0 atom stereocenters. The number of nitrogens with one attached hydrogen (secondary N) is 1. The van der Waals surface area contributed by atoms with Gasteiger partial charge in [-0.25, -0.2) is 4.98 Å². The normalized spacial score (nSPS) is 10.9. The zero-order valence-corrected chi connectivity index (χ0v) is 15.1. The molecule has 1 aromatic carbocycles. The number of H-pyrrole nitrogens is 1. The van der Waals surface area contributed by atoms with Gasteiger partial charge in [-0.15, -0.1) is 0 Å². The molecule has 0 amide bonds. The van der Waals surface area contributed by atoms with Crippen molar-refractivity contribution in [3.8, 4) is 17.1 Å². The second kappa shape index (κ2) is 6.26.